The predicted octanol–water partition coefficient (Wildman–Crippen LogP) is 3.75. The zero-order valence-corrected chi connectivity index (χ0v) is 20.3. The minimum absolute atomic E-state index is 0.116. The molecule has 1 heterocycles. The van der Waals surface area contributed by atoms with Gasteiger partial charge in [0.1, 0.15) is 22.5 Å². The van der Waals surface area contributed by atoms with Gasteiger partial charge in [0.15, 0.2) is 5.82 Å². The van der Waals surface area contributed by atoms with Gasteiger partial charge < -0.3 is 10.1 Å². The number of H-pyrrole nitrogens is 1. The Morgan fingerprint density at radius 3 is 2.34 bits per heavy atom. The normalized spacial score (nSPS) is 12.1. The summed E-state index contributed by atoms with van der Waals surface area (Å²) in [5, 5.41) is 9.90. The van der Waals surface area contributed by atoms with Crippen LogP contribution in [0.2, 0.25) is 0 Å². The molecule has 1 amide bonds. The Bertz CT molecular complexity index is 1430. The van der Waals surface area contributed by atoms with Crippen molar-refractivity contribution in [1.29, 1.82) is 0 Å². The average Bonchev–Trinajstić information content (AvgIpc) is 3.29. The van der Waals surface area contributed by atoms with E-state index in [0.29, 0.717) is 17.3 Å². The number of sulfonamides is 1. The van der Waals surface area contributed by atoms with Crippen molar-refractivity contribution < 1.29 is 17.9 Å². The number of benzene rings is 3. The van der Waals surface area contributed by atoms with Crippen LogP contribution in [0.25, 0.3) is 0 Å². The Kier molecular flexibility index (Phi) is 6.83. The van der Waals surface area contributed by atoms with Crippen LogP contribution in [0, 0.1) is 13.8 Å². The third kappa shape index (κ3) is 5.49. The van der Waals surface area contributed by atoms with E-state index in [9.17, 15) is 13.2 Å². The highest BCUT2D eigenvalue weighted by molar-refractivity contribution is 7.92. The molecule has 0 spiro atoms. The number of methoxy groups -OCH3 is 1. The molecule has 0 aliphatic carbocycles. The van der Waals surface area contributed by atoms with E-state index in [1.807, 2.05) is 37.3 Å². The van der Waals surface area contributed by atoms with E-state index >= 15 is 0 Å². The molecule has 0 aliphatic heterocycles. The number of ether oxygens (including phenoxy) is 1. The first-order valence-electron chi connectivity index (χ1n) is 10.8. The number of nitrogens with zero attached hydrogens (tertiary/aromatic N) is 2. The minimum Gasteiger partial charge on any atom is -0.495 e. The Morgan fingerprint density at radius 1 is 1.00 bits per heavy atom. The average molecular weight is 492 g/mol. The van der Waals surface area contributed by atoms with Gasteiger partial charge in [-0.25, -0.2) is 13.4 Å². The molecule has 0 bridgehead atoms. The molecule has 0 saturated carbocycles. The third-order valence-electron chi connectivity index (χ3n) is 5.30. The fourth-order valence-corrected chi connectivity index (χ4v) is 4.76. The van der Waals surface area contributed by atoms with E-state index in [4.69, 9.17) is 4.74 Å². The highest BCUT2D eigenvalue weighted by Crippen LogP contribution is 2.28. The molecule has 4 aromatic rings. The maximum atomic E-state index is 13.3. The SMILES string of the molecule is COc1ccc(C(=O)NC(c2ccccc2)c2n[nH]c(C)n2)cc1S(=O)(=O)Nc1ccc(C)cc1. The van der Waals surface area contributed by atoms with Crippen molar-refractivity contribution in [3.8, 4) is 5.75 Å². The van der Waals surface area contributed by atoms with Gasteiger partial charge in [0.25, 0.3) is 15.9 Å². The molecule has 0 radical (unpaired) electrons. The van der Waals surface area contributed by atoms with Gasteiger partial charge in [-0.3, -0.25) is 14.6 Å². The van der Waals surface area contributed by atoms with Crippen molar-refractivity contribution in [2.75, 3.05) is 11.8 Å². The Morgan fingerprint density at radius 2 is 1.71 bits per heavy atom. The number of anilines is 1. The van der Waals surface area contributed by atoms with Gasteiger partial charge in [-0.1, -0.05) is 48.0 Å². The smallest absolute Gasteiger partial charge is 0.265 e. The molecule has 1 atom stereocenters. The third-order valence-corrected chi connectivity index (χ3v) is 6.70. The van der Waals surface area contributed by atoms with Crippen molar-refractivity contribution in [1.82, 2.24) is 20.5 Å². The van der Waals surface area contributed by atoms with E-state index in [-0.39, 0.29) is 16.2 Å². The predicted molar refractivity (Wildman–Crippen MR) is 132 cm³/mol. The monoisotopic (exact) mass is 491 g/mol. The number of aromatic amines is 1. The summed E-state index contributed by atoms with van der Waals surface area (Å²) in [7, 11) is -2.67. The van der Waals surface area contributed by atoms with E-state index < -0.39 is 22.0 Å². The second-order valence-corrected chi connectivity index (χ2v) is 9.58. The van der Waals surface area contributed by atoms with E-state index in [0.717, 1.165) is 11.1 Å². The summed E-state index contributed by atoms with van der Waals surface area (Å²) in [5.74, 6) is 0.626. The summed E-state index contributed by atoms with van der Waals surface area (Å²) in [4.78, 5) is 17.5. The fraction of sp³-hybridized carbons (Fsp3) is 0.160. The van der Waals surface area contributed by atoms with Crippen LogP contribution in [-0.4, -0.2) is 36.6 Å². The lowest BCUT2D eigenvalue weighted by Crippen LogP contribution is -2.30. The standard InChI is InChI=1S/C25H25N5O4S/c1-16-9-12-20(13-10-16)30-35(32,33)22-15-19(11-14-21(22)34-3)25(31)27-23(18-7-5-4-6-8-18)24-26-17(2)28-29-24/h4-15,23,30H,1-3H3,(H,27,31)(H,26,28,29). The first-order chi connectivity index (χ1) is 16.8. The molecule has 0 fully saturated rings. The number of hydrogen-bond acceptors (Lipinski definition) is 6. The molecule has 4 rings (SSSR count). The van der Waals surface area contributed by atoms with E-state index in [1.165, 1.54) is 25.3 Å². The lowest BCUT2D eigenvalue weighted by atomic mass is 10.1. The number of aromatic nitrogens is 3. The van der Waals surface area contributed by atoms with Crippen LogP contribution < -0.4 is 14.8 Å². The summed E-state index contributed by atoms with van der Waals surface area (Å²) < 4.78 is 34.1. The number of aryl methyl sites for hydroxylation is 2. The van der Waals surface area contributed by atoms with Crippen LogP contribution in [0.4, 0.5) is 5.69 Å². The molecule has 1 unspecified atom stereocenters. The van der Waals surface area contributed by atoms with Crippen molar-refractivity contribution in [3.63, 3.8) is 0 Å². The van der Waals surface area contributed by atoms with Gasteiger partial charge in [-0.15, -0.1) is 0 Å². The summed E-state index contributed by atoms with van der Waals surface area (Å²) in [6.45, 7) is 3.67. The molecular formula is C25H25N5O4S. The molecule has 10 heteroatoms. The molecule has 3 N–H and O–H groups in total. The number of hydrogen-bond donors (Lipinski definition) is 3. The van der Waals surface area contributed by atoms with Gasteiger partial charge in [0.05, 0.1) is 7.11 Å². The maximum absolute atomic E-state index is 13.3. The van der Waals surface area contributed by atoms with Crippen LogP contribution in [0.1, 0.15) is 39.2 Å². The molecular weight excluding hydrogens is 466 g/mol. The van der Waals surface area contributed by atoms with Gasteiger partial charge in [-0.2, -0.15) is 5.10 Å². The lowest BCUT2D eigenvalue weighted by Gasteiger charge is -2.17. The van der Waals surface area contributed by atoms with E-state index in [1.54, 1.807) is 31.2 Å². The number of rotatable bonds is 8. The number of carbonyl (C=O) groups excluding carboxylic acids is 1. The highest BCUT2D eigenvalue weighted by atomic mass is 32.2. The topological polar surface area (TPSA) is 126 Å². The van der Waals surface area contributed by atoms with Crippen molar-refractivity contribution in [2.45, 2.75) is 24.8 Å². The Hall–Kier alpha value is -4.18. The maximum Gasteiger partial charge on any atom is 0.265 e. The molecule has 180 valence electrons. The number of nitrogens with one attached hydrogen (secondary N) is 3. The number of amides is 1. The van der Waals surface area contributed by atoms with Gasteiger partial charge >= 0.3 is 0 Å². The molecule has 9 nitrogen and oxygen atoms in total. The second kappa shape index (κ2) is 9.98. The van der Waals surface area contributed by atoms with Crippen LogP contribution in [0.15, 0.2) is 77.7 Å². The molecule has 0 saturated heterocycles. The lowest BCUT2D eigenvalue weighted by molar-refractivity contribution is 0.0941. The zero-order valence-electron chi connectivity index (χ0n) is 19.4. The van der Waals surface area contributed by atoms with Gasteiger partial charge in [0, 0.05) is 11.3 Å². The quantitative estimate of drug-likeness (QED) is 0.345. The van der Waals surface area contributed by atoms with Gasteiger partial charge in [-0.05, 0) is 49.7 Å². The molecule has 35 heavy (non-hydrogen) atoms. The highest BCUT2D eigenvalue weighted by Gasteiger charge is 2.25. The molecule has 0 aliphatic rings. The van der Waals surface area contributed by atoms with Gasteiger partial charge in [0.2, 0.25) is 0 Å². The van der Waals surface area contributed by atoms with Crippen LogP contribution >= 0.6 is 0 Å². The largest absolute Gasteiger partial charge is 0.495 e. The molecule has 3 aromatic carbocycles. The van der Waals surface area contributed by atoms with Crippen molar-refractivity contribution >= 4 is 21.6 Å². The van der Waals surface area contributed by atoms with Crippen LogP contribution in [-0.2, 0) is 10.0 Å². The summed E-state index contributed by atoms with van der Waals surface area (Å²) in [5.41, 5.74) is 2.32. The first-order valence-corrected chi connectivity index (χ1v) is 12.3. The minimum atomic E-state index is -4.04. The van der Waals surface area contributed by atoms with Crippen molar-refractivity contribution in [2.24, 2.45) is 0 Å². The summed E-state index contributed by atoms with van der Waals surface area (Å²) >= 11 is 0. The molecule has 1 aromatic heterocycles. The summed E-state index contributed by atoms with van der Waals surface area (Å²) in [6, 6.07) is 19.8. The number of carbonyl (C=O) groups is 1. The fourth-order valence-electron chi connectivity index (χ4n) is 3.51. The summed E-state index contributed by atoms with van der Waals surface area (Å²) in [6.07, 6.45) is 0. The first kappa shape index (κ1) is 24.0. The van der Waals surface area contributed by atoms with Crippen LogP contribution in [0.3, 0.4) is 0 Å². The van der Waals surface area contributed by atoms with E-state index in [2.05, 4.69) is 25.2 Å². The Balaban J connectivity index is 1.66. The zero-order chi connectivity index (χ0) is 25.0. The Labute approximate surface area is 203 Å². The van der Waals surface area contributed by atoms with Crippen molar-refractivity contribution in [3.05, 3.63) is 101 Å². The van der Waals surface area contributed by atoms with Crippen LogP contribution in [0.5, 0.6) is 5.75 Å². The second-order valence-electron chi connectivity index (χ2n) is 7.93.